The molecule has 2 aliphatic rings. The van der Waals surface area contributed by atoms with Gasteiger partial charge in [-0.2, -0.15) is 0 Å². The van der Waals surface area contributed by atoms with E-state index in [1.165, 1.54) is 0 Å². The first-order valence-electron chi connectivity index (χ1n) is 10.0. The van der Waals surface area contributed by atoms with Gasteiger partial charge in [0, 0.05) is 37.9 Å². The molecule has 1 N–H and O–H groups in total. The topological polar surface area (TPSA) is 85.3 Å². The number of hydrogen-bond acceptors (Lipinski definition) is 5. The highest BCUT2D eigenvalue weighted by Crippen LogP contribution is 2.45. The molecule has 1 fully saturated rings. The van der Waals surface area contributed by atoms with Crippen molar-refractivity contribution in [2.45, 2.75) is 30.8 Å². The summed E-state index contributed by atoms with van der Waals surface area (Å²) in [4.78, 5) is 26.2. The van der Waals surface area contributed by atoms with Crippen LogP contribution >= 0.6 is 0 Å². The van der Waals surface area contributed by atoms with Crippen LogP contribution in [0.3, 0.4) is 0 Å². The van der Waals surface area contributed by atoms with Crippen LogP contribution in [0, 0.1) is 0 Å². The second-order valence-electron chi connectivity index (χ2n) is 7.76. The van der Waals surface area contributed by atoms with Crippen LogP contribution in [-0.4, -0.2) is 54.3 Å². The maximum absolute atomic E-state index is 12.6. The van der Waals surface area contributed by atoms with Crippen molar-refractivity contribution >= 4 is 11.9 Å². The molecule has 1 unspecified atom stereocenters. The number of fused-ring (bicyclic) bond motifs is 1. The molecule has 0 aliphatic carbocycles. The molecule has 1 atom stereocenters. The first-order valence-corrected chi connectivity index (χ1v) is 10.0. The Morgan fingerprint density at radius 3 is 2.43 bits per heavy atom. The van der Waals surface area contributed by atoms with Gasteiger partial charge in [0.25, 0.3) is 5.91 Å². The van der Waals surface area contributed by atoms with Gasteiger partial charge in [0.1, 0.15) is 22.8 Å². The van der Waals surface area contributed by atoms with E-state index in [4.69, 9.17) is 14.2 Å². The van der Waals surface area contributed by atoms with Gasteiger partial charge < -0.3 is 24.2 Å². The van der Waals surface area contributed by atoms with Gasteiger partial charge in [-0.25, -0.2) is 0 Å². The number of carbonyl (C=O) groups is 2. The van der Waals surface area contributed by atoms with Gasteiger partial charge >= 0.3 is 5.97 Å². The van der Waals surface area contributed by atoms with Crippen molar-refractivity contribution < 1.29 is 28.9 Å². The highest BCUT2D eigenvalue weighted by atomic mass is 16.5. The van der Waals surface area contributed by atoms with E-state index in [0.717, 1.165) is 11.3 Å². The number of benzene rings is 2. The first kappa shape index (κ1) is 20.1. The van der Waals surface area contributed by atoms with Crippen molar-refractivity contribution in [3.05, 3.63) is 54.1 Å². The second kappa shape index (κ2) is 8.26. The van der Waals surface area contributed by atoms with Gasteiger partial charge in [0.05, 0.1) is 13.0 Å². The Hall–Kier alpha value is -3.22. The van der Waals surface area contributed by atoms with E-state index in [-0.39, 0.29) is 12.5 Å². The molecular weight excluding hydrogens is 386 g/mol. The molecule has 7 heteroatoms. The van der Waals surface area contributed by atoms with Gasteiger partial charge in [0.15, 0.2) is 6.61 Å². The Bertz CT molecular complexity index is 918. The Kier molecular flexibility index (Phi) is 5.53. The van der Waals surface area contributed by atoms with Crippen molar-refractivity contribution in [3.63, 3.8) is 0 Å². The monoisotopic (exact) mass is 411 g/mol. The summed E-state index contributed by atoms with van der Waals surface area (Å²) in [5, 5.41) is 9.71. The molecule has 2 aromatic rings. The summed E-state index contributed by atoms with van der Waals surface area (Å²) in [7, 11) is 1.59. The van der Waals surface area contributed by atoms with E-state index >= 15 is 0 Å². The van der Waals surface area contributed by atoms with E-state index in [9.17, 15) is 14.7 Å². The fraction of sp³-hybridized carbons (Fsp3) is 0.391. The summed E-state index contributed by atoms with van der Waals surface area (Å²) in [6, 6.07) is 14.4. The number of methoxy groups -OCH3 is 1. The van der Waals surface area contributed by atoms with Crippen LogP contribution in [0.2, 0.25) is 0 Å². The Morgan fingerprint density at radius 1 is 1.10 bits per heavy atom. The second-order valence-corrected chi connectivity index (χ2v) is 7.76. The smallest absolute Gasteiger partial charge is 0.311 e. The minimum atomic E-state index is -0.837. The van der Waals surface area contributed by atoms with E-state index in [2.05, 4.69) is 0 Å². The minimum absolute atomic E-state index is 0.0409. The van der Waals surface area contributed by atoms with E-state index in [0.29, 0.717) is 43.9 Å². The van der Waals surface area contributed by atoms with Crippen LogP contribution in [0.4, 0.5) is 0 Å². The Morgan fingerprint density at radius 2 is 1.77 bits per heavy atom. The van der Waals surface area contributed by atoms with Crippen LogP contribution in [0.15, 0.2) is 48.5 Å². The SMILES string of the molecule is COc1ccc(OCC(=O)N2CCC3(CC2)CC(C(=O)O)c2ccccc2O3)cc1. The van der Waals surface area contributed by atoms with Crippen LogP contribution in [-0.2, 0) is 9.59 Å². The summed E-state index contributed by atoms with van der Waals surface area (Å²) < 4.78 is 17.0. The quantitative estimate of drug-likeness (QED) is 0.814. The van der Waals surface area contributed by atoms with Crippen molar-refractivity contribution in [2.24, 2.45) is 0 Å². The standard InChI is InChI=1S/C23H25NO6/c1-28-16-6-8-17(9-7-16)29-15-21(25)24-12-10-23(11-13-24)14-19(22(26)27)18-4-2-3-5-20(18)30-23/h2-9,19H,10-15H2,1H3,(H,26,27). The zero-order chi connectivity index (χ0) is 21.1. The summed E-state index contributed by atoms with van der Waals surface area (Å²) in [5.74, 6) is 0.454. The highest BCUT2D eigenvalue weighted by Gasteiger charge is 2.45. The maximum Gasteiger partial charge on any atom is 0.311 e. The van der Waals surface area contributed by atoms with Crippen molar-refractivity contribution in [3.8, 4) is 17.2 Å². The Labute approximate surface area is 175 Å². The fourth-order valence-corrected chi connectivity index (χ4v) is 4.22. The molecule has 2 aliphatic heterocycles. The molecule has 158 valence electrons. The number of para-hydroxylation sites is 1. The minimum Gasteiger partial charge on any atom is -0.497 e. The summed E-state index contributed by atoms with van der Waals surface area (Å²) in [6.07, 6.45) is 1.61. The molecule has 0 aromatic heterocycles. The molecule has 4 rings (SSSR count). The number of nitrogens with zero attached hydrogens (tertiary/aromatic N) is 1. The number of carboxylic acids is 1. The highest BCUT2D eigenvalue weighted by molar-refractivity contribution is 5.79. The molecule has 7 nitrogen and oxygen atoms in total. The normalized spacial score (nSPS) is 19.5. The number of carboxylic acid groups (broad SMARTS) is 1. The zero-order valence-corrected chi connectivity index (χ0v) is 16.9. The van der Waals surface area contributed by atoms with E-state index < -0.39 is 17.5 Å². The predicted molar refractivity (Wildman–Crippen MR) is 109 cm³/mol. The van der Waals surface area contributed by atoms with Crippen molar-refractivity contribution in [1.82, 2.24) is 4.90 Å². The third-order valence-electron chi connectivity index (χ3n) is 5.94. The van der Waals surface area contributed by atoms with Gasteiger partial charge in [-0.05, 0) is 30.3 Å². The van der Waals surface area contributed by atoms with Crippen LogP contribution in [0.5, 0.6) is 17.2 Å². The number of amides is 1. The third kappa shape index (κ3) is 4.06. The number of piperidine rings is 1. The average Bonchev–Trinajstić information content (AvgIpc) is 2.77. The molecular formula is C23H25NO6. The molecule has 0 bridgehead atoms. The van der Waals surface area contributed by atoms with Crippen LogP contribution in [0.25, 0.3) is 0 Å². The van der Waals surface area contributed by atoms with Crippen molar-refractivity contribution in [1.29, 1.82) is 0 Å². The average molecular weight is 411 g/mol. The summed E-state index contributed by atoms with van der Waals surface area (Å²) >= 11 is 0. The van der Waals surface area contributed by atoms with Crippen LogP contribution < -0.4 is 14.2 Å². The molecule has 0 radical (unpaired) electrons. The molecule has 0 saturated carbocycles. The number of likely N-dealkylation sites (tertiary alicyclic amines) is 1. The summed E-state index contributed by atoms with van der Waals surface area (Å²) in [6.45, 7) is 0.986. The molecule has 2 heterocycles. The number of rotatable bonds is 5. The third-order valence-corrected chi connectivity index (χ3v) is 5.94. The van der Waals surface area contributed by atoms with E-state index in [1.54, 1.807) is 36.3 Å². The lowest BCUT2D eigenvalue weighted by atomic mass is 9.77. The zero-order valence-electron chi connectivity index (χ0n) is 16.9. The molecule has 2 aromatic carbocycles. The number of ether oxygens (including phenoxy) is 3. The lowest BCUT2D eigenvalue weighted by molar-refractivity contribution is -0.144. The fourth-order valence-electron chi connectivity index (χ4n) is 4.22. The number of aliphatic carboxylic acids is 1. The molecule has 30 heavy (non-hydrogen) atoms. The first-order chi connectivity index (χ1) is 14.5. The molecule has 1 amide bonds. The maximum atomic E-state index is 12.6. The van der Waals surface area contributed by atoms with Crippen molar-refractivity contribution in [2.75, 3.05) is 26.8 Å². The molecule has 1 spiro atoms. The van der Waals surface area contributed by atoms with Crippen LogP contribution in [0.1, 0.15) is 30.7 Å². The summed E-state index contributed by atoms with van der Waals surface area (Å²) in [5.41, 5.74) is 0.174. The Balaban J connectivity index is 1.36. The molecule has 1 saturated heterocycles. The van der Waals surface area contributed by atoms with E-state index in [1.807, 2.05) is 24.3 Å². The largest absolute Gasteiger partial charge is 0.497 e. The van der Waals surface area contributed by atoms with Gasteiger partial charge in [-0.1, -0.05) is 18.2 Å². The lowest BCUT2D eigenvalue weighted by Gasteiger charge is -2.46. The number of hydrogen-bond donors (Lipinski definition) is 1. The predicted octanol–water partition coefficient (Wildman–Crippen LogP) is 3.09. The van der Waals surface area contributed by atoms with Gasteiger partial charge in [-0.15, -0.1) is 0 Å². The lowest BCUT2D eigenvalue weighted by Crippen LogP contribution is -2.53. The number of carbonyl (C=O) groups excluding carboxylic acids is 1. The van der Waals surface area contributed by atoms with Gasteiger partial charge in [0.2, 0.25) is 0 Å². The van der Waals surface area contributed by atoms with Gasteiger partial charge in [-0.3, -0.25) is 9.59 Å².